The van der Waals surface area contributed by atoms with E-state index >= 15 is 0 Å². The number of aryl methyl sites for hydroxylation is 1. The quantitative estimate of drug-likeness (QED) is 0.666. The molecule has 31 heavy (non-hydrogen) atoms. The average molecular weight is 420 g/mol. The highest BCUT2D eigenvalue weighted by atomic mass is 19.1. The van der Waals surface area contributed by atoms with E-state index in [4.69, 9.17) is 0 Å². The van der Waals surface area contributed by atoms with Gasteiger partial charge in [0.2, 0.25) is 5.91 Å². The highest BCUT2D eigenvalue weighted by Gasteiger charge is 2.21. The molecule has 0 spiro atoms. The molecule has 6 nitrogen and oxygen atoms in total. The van der Waals surface area contributed by atoms with Crippen molar-refractivity contribution < 1.29 is 9.18 Å². The Morgan fingerprint density at radius 1 is 1.00 bits per heavy atom. The number of nitrogens with one attached hydrogen (secondary N) is 1. The summed E-state index contributed by atoms with van der Waals surface area (Å²) in [6.45, 7) is 6.06. The van der Waals surface area contributed by atoms with Crippen LogP contribution in [0, 0.1) is 12.7 Å². The maximum Gasteiger partial charge on any atom is 0.234 e. The molecule has 1 aromatic heterocycles. The van der Waals surface area contributed by atoms with E-state index in [0.29, 0.717) is 24.3 Å². The SMILES string of the molecule is Cc1cc(-c2cccc(F)c2)nnc1N1CCN(CC(=O)NCc2ccccc2)CC1. The number of aromatic nitrogens is 2. The maximum atomic E-state index is 13.5. The molecule has 3 aromatic rings. The molecule has 0 bridgehead atoms. The Morgan fingerprint density at radius 3 is 2.48 bits per heavy atom. The standard InChI is InChI=1S/C24H26FN5O/c1-18-14-22(20-8-5-9-21(25)15-20)27-28-24(18)30-12-10-29(11-13-30)17-23(31)26-16-19-6-3-2-4-7-19/h2-9,14-15H,10-13,16-17H2,1H3,(H,26,31). The summed E-state index contributed by atoms with van der Waals surface area (Å²) in [4.78, 5) is 16.6. The number of benzene rings is 2. The van der Waals surface area contributed by atoms with Gasteiger partial charge in [0.05, 0.1) is 12.2 Å². The monoisotopic (exact) mass is 419 g/mol. The second-order valence-corrected chi connectivity index (χ2v) is 7.77. The molecule has 7 heteroatoms. The van der Waals surface area contributed by atoms with E-state index in [0.717, 1.165) is 43.1 Å². The Bertz CT molecular complexity index is 1040. The average Bonchev–Trinajstić information content (AvgIpc) is 2.79. The lowest BCUT2D eigenvalue weighted by atomic mass is 10.1. The molecule has 4 rings (SSSR count). The molecule has 2 aromatic carbocycles. The first-order valence-corrected chi connectivity index (χ1v) is 10.5. The molecule has 0 aliphatic carbocycles. The summed E-state index contributed by atoms with van der Waals surface area (Å²) in [6, 6.07) is 18.2. The topological polar surface area (TPSA) is 61.4 Å². The molecule has 2 heterocycles. The van der Waals surface area contributed by atoms with Crippen LogP contribution in [0.1, 0.15) is 11.1 Å². The van der Waals surface area contributed by atoms with Gasteiger partial charge in [0, 0.05) is 38.3 Å². The third-order valence-electron chi connectivity index (χ3n) is 5.45. The maximum absolute atomic E-state index is 13.5. The van der Waals surface area contributed by atoms with Crippen molar-refractivity contribution >= 4 is 11.7 Å². The van der Waals surface area contributed by atoms with Gasteiger partial charge in [-0.25, -0.2) is 4.39 Å². The van der Waals surface area contributed by atoms with Gasteiger partial charge in [-0.1, -0.05) is 42.5 Å². The third kappa shape index (κ3) is 5.44. The van der Waals surface area contributed by atoms with Gasteiger partial charge in [0.1, 0.15) is 5.82 Å². The Morgan fingerprint density at radius 2 is 1.77 bits per heavy atom. The number of hydrogen-bond acceptors (Lipinski definition) is 5. The molecule has 1 saturated heterocycles. The highest BCUT2D eigenvalue weighted by Crippen LogP contribution is 2.23. The van der Waals surface area contributed by atoms with Crippen molar-refractivity contribution in [3.8, 4) is 11.3 Å². The summed E-state index contributed by atoms with van der Waals surface area (Å²) in [7, 11) is 0. The first kappa shape index (κ1) is 20.9. The highest BCUT2D eigenvalue weighted by molar-refractivity contribution is 5.78. The summed E-state index contributed by atoms with van der Waals surface area (Å²) < 4.78 is 13.5. The van der Waals surface area contributed by atoms with Crippen molar-refractivity contribution in [2.24, 2.45) is 0 Å². The van der Waals surface area contributed by atoms with Crippen molar-refractivity contribution in [1.82, 2.24) is 20.4 Å². The van der Waals surface area contributed by atoms with Gasteiger partial charge < -0.3 is 10.2 Å². The van der Waals surface area contributed by atoms with Crippen molar-refractivity contribution in [3.05, 3.63) is 77.6 Å². The second kappa shape index (κ2) is 9.66. The summed E-state index contributed by atoms with van der Waals surface area (Å²) >= 11 is 0. The molecule has 1 amide bonds. The van der Waals surface area contributed by atoms with E-state index in [-0.39, 0.29) is 11.7 Å². The number of carbonyl (C=O) groups is 1. The summed E-state index contributed by atoms with van der Waals surface area (Å²) in [5.74, 6) is 0.589. The minimum atomic E-state index is -0.287. The zero-order valence-electron chi connectivity index (χ0n) is 17.6. The van der Waals surface area contributed by atoms with Crippen molar-refractivity contribution in [3.63, 3.8) is 0 Å². The molecular weight excluding hydrogens is 393 g/mol. The van der Waals surface area contributed by atoms with Gasteiger partial charge in [-0.15, -0.1) is 10.2 Å². The molecule has 160 valence electrons. The number of carbonyl (C=O) groups excluding carboxylic acids is 1. The molecular formula is C24H26FN5O. The number of rotatable bonds is 6. The zero-order valence-corrected chi connectivity index (χ0v) is 17.6. The largest absolute Gasteiger partial charge is 0.352 e. The molecule has 1 aliphatic rings. The number of nitrogens with zero attached hydrogens (tertiary/aromatic N) is 4. The number of amides is 1. The van der Waals surface area contributed by atoms with Crippen LogP contribution in [0.4, 0.5) is 10.2 Å². The van der Waals surface area contributed by atoms with E-state index < -0.39 is 0 Å². The van der Waals surface area contributed by atoms with Crippen LogP contribution >= 0.6 is 0 Å². The van der Waals surface area contributed by atoms with Gasteiger partial charge in [0.25, 0.3) is 0 Å². The lowest BCUT2D eigenvalue weighted by Gasteiger charge is -2.35. The molecule has 0 unspecified atom stereocenters. The van der Waals surface area contributed by atoms with E-state index in [2.05, 4.69) is 25.3 Å². The number of piperazine rings is 1. The molecule has 0 saturated carbocycles. The number of hydrogen-bond donors (Lipinski definition) is 1. The minimum absolute atomic E-state index is 0.0349. The van der Waals surface area contributed by atoms with Gasteiger partial charge in [0.15, 0.2) is 5.82 Å². The zero-order chi connectivity index (χ0) is 21.6. The third-order valence-corrected chi connectivity index (χ3v) is 5.45. The second-order valence-electron chi connectivity index (χ2n) is 7.77. The Balaban J connectivity index is 1.30. The van der Waals surface area contributed by atoms with Gasteiger partial charge in [-0.3, -0.25) is 9.69 Å². The van der Waals surface area contributed by atoms with Crippen LogP contribution in [0.15, 0.2) is 60.7 Å². The van der Waals surface area contributed by atoms with Crippen molar-refractivity contribution in [2.45, 2.75) is 13.5 Å². The van der Waals surface area contributed by atoms with E-state index in [9.17, 15) is 9.18 Å². The van der Waals surface area contributed by atoms with E-state index in [1.165, 1.54) is 12.1 Å². The predicted molar refractivity (Wildman–Crippen MR) is 119 cm³/mol. The summed E-state index contributed by atoms with van der Waals surface area (Å²) in [5.41, 5.74) is 3.47. The lowest BCUT2D eigenvalue weighted by molar-refractivity contribution is -0.122. The minimum Gasteiger partial charge on any atom is -0.352 e. The van der Waals surface area contributed by atoms with Gasteiger partial charge >= 0.3 is 0 Å². The molecule has 0 radical (unpaired) electrons. The van der Waals surface area contributed by atoms with Crippen LogP contribution in [0.2, 0.25) is 0 Å². The van der Waals surface area contributed by atoms with Crippen LogP contribution < -0.4 is 10.2 Å². The Labute approximate surface area is 181 Å². The van der Waals surface area contributed by atoms with E-state index in [1.807, 2.05) is 49.4 Å². The van der Waals surface area contributed by atoms with Gasteiger partial charge in [-0.05, 0) is 36.2 Å². The number of halogens is 1. The molecule has 0 atom stereocenters. The van der Waals surface area contributed by atoms with Crippen LogP contribution in [-0.4, -0.2) is 53.7 Å². The van der Waals surface area contributed by atoms with E-state index in [1.54, 1.807) is 6.07 Å². The normalized spacial score (nSPS) is 14.5. The Hall–Kier alpha value is -3.32. The van der Waals surface area contributed by atoms with Crippen LogP contribution in [-0.2, 0) is 11.3 Å². The number of anilines is 1. The van der Waals surface area contributed by atoms with Crippen LogP contribution in [0.25, 0.3) is 11.3 Å². The molecule has 1 aliphatic heterocycles. The predicted octanol–water partition coefficient (Wildman–Crippen LogP) is 3.03. The fraction of sp³-hybridized carbons (Fsp3) is 0.292. The first-order chi connectivity index (χ1) is 15.1. The Kier molecular flexibility index (Phi) is 6.52. The first-order valence-electron chi connectivity index (χ1n) is 10.5. The fourth-order valence-corrected chi connectivity index (χ4v) is 3.75. The van der Waals surface area contributed by atoms with Crippen molar-refractivity contribution in [1.29, 1.82) is 0 Å². The fourth-order valence-electron chi connectivity index (χ4n) is 3.75. The summed E-state index contributed by atoms with van der Waals surface area (Å²) in [5, 5.41) is 11.7. The smallest absolute Gasteiger partial charge is 0.234 e. The van der Waals surface area contributed by atoms with Crippen LogP contribution in [0.5, 0.6) is 0 Å². The molecule has 1 N–H and O–H groups in total. The summed E-state index contributed by atoms with van der Waals surface area (Å²) in [6.07, 6.45) is 0. The van der Waals surface area contributed by atoms with Crippen LogP contribution in [0.3, 0.4) is 0 Å². The van der Waals surface area contributed by atoms with Crippen molar-refractivity contribution in [2.75, 3.05) is 37.6 Å². The van der Waals surface area contributed by atoms with Gasteiger partial charge in [-0.2, -0.15) is 0 Å². The molecule has 1 fully saturated rings. The lowest BCUT2D eigenvalue weighted by Crippen LogP contribution is -2.49.